The van der Waals surface area contributed by atoms with Crippen molar-refractivity contribution in [2.24, 2.45) is 0 Å². The van der Waals surface area contributed by atoms with Crippen molar-refractivity contribution in [3.63, 3.8) is 0 Å². The zero-order chi connectivity index (χ0) is 26.2. The van der Waals surface area contributed by atoms with E-state index in [1.54, 1.807) is 0 Å². The van der Waals surface area contributed by atoms with Gasteiger partial charge in [-0.1, -0.05) is 29.8 Å². The molecule has 194 valence electrons. The number of halogens is 1. The third-order valence-corrected chi connectivity index (χ3v) is 8.33. The number of ether oxygens (including phenoxy) is 1. The quantitative estimate of drug-likeness (QED) is 0.253. The van der Waals surface area contributed by atoms with Crippen LogP contribution in [0.3, 0.4) is 0 Å². The highest BCUT2D eigenvalue weighted by atomic mass is 35.5. The minimum absolute atomic E-state index is 0.0959. The summed E-state index contributed by atoms with van der Waals surface area (Å²) in [5.74, 6) is 0.911. The first-order valence-electron chi connectivity index (χ1n) is 13.2. The van der Waals surface area contributed by atoms with Crippen LogP contribution >= 0.6 is 23.8 Å². The van der Waals surface area contributed by atoms with Crippen molar-refractivity contribution < 1.29 is 4.74 Å². The molecular weight excluding hydrogens is 512 g/mol. The largest absolute Gasteiger partial charge is 0.490 e. The maximum atomic E-state index is 6.63. The van der Waals surface area contributed by atoms with Gasteiger partial charge in [0.05, 0.1) is 34.6 Å². The first-order chi connectivity index (χ1) is 18.5. The molecule has 2 atom stereocenters. The van der Waals surface area contributed by atoms with Gasteiger partial charge in [0.1, 0.15) is 5.75 Å². The molecule has 2 aliphatic rings. The van der Waals surface area contributed by atoms with E-state index in [4.69, 9.17) is 33.5 Å². The molecule has 6 rings (SSSR count). The number of nitrogens with one attached hydrogen (secondary N) is 1. The number of hydrogen-bond donors (Lipinski definition) is 1. The lowest BCUT2D eigenvalue weighted by molar-refractivity contribution is 0.210. The summed E-state index contributed by atoms with van der Waals surface area (Å²) in [7, 11) is 0. The molecule has 1 aliphatic heterocycles. The van der Waals surface area contributed by atoms with Crippen LogP contribution in [0.25, 0.3) is 5.69 Å². The summed E-state index contributed by atoms with van der Waals surface area (Å²) in [5, 5.41) is 4.97. The molecule has 0 bridgehead atoms. The molecule has 3 heterocycles. The second kappa shape index (κ2) is 10.4. The van der Waals surface area contributed by atoms with Crippen LogP contribution in [-0.2, 0) is 0 Å². The van der Waals surface area contributed by atoms with Gasteiger partial charge >= 0.3 is 0 Å². The van der Waals surface area contributed by atoms with E-state index in [0.29, 0.717) is 11.2 Å². The minimum atomic E-state index is -0.113. The maximum absolute atomic E-state index is 6.63. The molecule has 1 saturated heterocycles. The highest BCUT2D eigenvalue weighted by Crippen LogP contribution is 2.44. The van der Waals surface area contributed by atoms with Crippen molar-refractivity contribution in [2.75, 3.05) is 4.90 Å². The van der Waals surface area contributed by atoms with Gasteiger partial charge in [-0.2, -0.15) is 0 Å². The number of nitrogens with zero attached hydrogens (tertiary/aromatic N) is 3. The van der Waals surface area contributed by atoms with Gasteiger partial charge in [-0.15, -0.1) is 0 Å². The third kappa shape index (κ3) is 4.56. The molecule has 0 amide bonds. The van der Waals surface area contributed by atoms with Crippen molar-refractivity contribution in [1.29, 1.82) is 0 Å². The minimum Gasteiger partial charge on any atom is -0.490 e. The number of aromatic nitrogens is 2. The van der Waals surface area contributed by atoms with Crippen LogP contribution < -0.4 is 15.0 Å². The van der Waals surface area contributed by atoms with Gasteiger partial charge in [-0.3, -0.25) is 4.98 Å². The Labute approximate surface area is 234 Å². The van der Waals surface area contributed by atoms with Crippen LogP contribution in [0.1, 0.15) is 60.4 Å². The van der Waals surface area contributed by atoms with Gasteiger partial charge in [0.2, 0.25) is 0 Å². The summed E-state index contributed by atoms with van der Waals surface area (Å²) in [6.07, 6.45) is 6.93. The highest BCUT2D eigenvalue weighted by Gasteiger charge is 2.42. The normalized spacial score (nSPS) is 19.7. The molecule has 5 nitrogen and oxygen atoms in total. The third-order valence-electron chi connectivity index (χ3n) is 7.70. The lowest BCUT2D eigenvalue weighted by atomic mass is 9.96. The predicted octanol–water partition coefficient (Wildman–Crippen LogP) is 7.64. The topological polar surface area (TPSA) is 42.3 Å². The SMILES string of the molecule is Cc1cc(C2C(c3ccccn3)NC(=S)N2c2ccc(OC3CCCC3)cc2)c(C)n1-c1ccccc1Cl. The molecule has 1 aliphatic carbocycles. The summed E-state index contributed by atoms with van der Waals surface area (Å²) in [4.78, 5) is 6.92. The smallest absolute Gasteiger partial charge is 0.174 e. The van der Waals surface area contributed by atoms with Crippen molar-refractivity contribution in [1.82, 2.24) is 14.9 Å². The molecule has 2 aromatic carbocycles. The monoisotopic (exact) mass is 542 g/mol. The molecule has 2 fully saturated rings. The Morgan fingerprint density at radius 1 is 0.974 bits per heavy atom. The standard InChI is InChI=1S/C31H31ClN4OS/c1-20-19-25(21(2)35(20)28-13-6-5-11-26(28)32)30-29(27-12-7-8-18-33-27)34-31(38)36(30)22-14-16-24(17-15-22)37-23-9-3-4-10-23/h5-8,11-19,23,29-30H,3-4,9-10H2,1-2H3,(H,34,38). The van der Waals surface area contributed by atoms with E-state index in [9.17, 15) is 0 Å². The number of anilines is 1. The van der Waals surface area contributed by atoms with Crippen LogP contribution in [0.15, 0.2) is 79.0 Å². The summed E-state index contributed by atoms with van der Waals surface area (Å²) in [6.45, 7) is 4.27. The molecule has 0 radical (unpaired) electrons. The number of pyridine rings is 1. The molecule has 0 spiro atoms. The summed E-state index contributed by atoms with van der Waals surface area (Å²) >= 11 is 12.6. The zero-order valence-electron chi connectivity index (χ0n) is 21.6. The molecular formula is C31H31ClN4OS. The van der Waals surface area contributed by atoms with Crippen LogP contribution in [0.5, 0.6) is 5.75 Å². The van der Waals surface area contributed by atoms with Gasteiger partial charge in [0.15, 0.2) is 5.11 Å². The van der Waals surface area contributed by atoms with Gasteiger partial charge in [-0.25, -0.2) is 0 Å². The van der Waals surface area contributed by atoms with Crippen molar-refractivity contribution in [2.45, 2.75) is 57.7 Å². The van der Waals surface area contributed by atoms with Crippen LogP contribution in [-0.4, -0.2) is 20.8 Å². The summed E-state index contributed by atoms with van der Waals surface area (Å²) < 4.78 is 8.45. The second-order valence-corrected chi connectivity index (χ2v) is 10.9. The molecule has 38 heavy (non-hydrogen) atoms. The molecule has 2 aromatic heterocycles. The van der Waals surface area contributed by atoms with E-state index in [1.165, 1.54) is 18.4 Å². The van der Waals surface area contributed by atoms with E-state index in [0.717, 1.165) is 52.1 Å². The number of thiocarbonyl (C=S) groups is 1. The Hall–Kier alpha value is -3.35. The number of hydrogen-bond acceptors (Lipinski definition) is 3. The van der Waals surface area contributed by atoms with Crippen molar-refractivity contribution >= 4 is 34.6 Å². The highest BCUT2D eigenvalue weighted by molar-refractivity contribution is 7.80. The molecule has 2 unspecified atom stereocenters. The fourth-order valence-corrected chi connectivity index (χ4v) is 6.49. The first-order valence-corrected chi connectivity index (χ1v) is 14.0. The van der Waals surface area contributed by atoms with Crippen LogP contribution in [0, 0.1) is 13.8 Å². The van der Waals surface area contributed by atoms with Crippen LogP contribution in [0.4, 0.5) is 5.69 Å². The fourth-order valence-electron chi connectivity index (χ4n) is 5.92. The predicted molar refractivity (Wildman–Crippen MR) is 158 cm³/mol. The van der Waals surface area contributed by atoms with Crippen LogP contribution in [0.2, 0.25) is 5.02 Å². The Balaban J connectivity index is 1.42. The number of para-hydroxylation sites is 1. The van der Waals surface area contributed by atoms with Gasteiger partial charge in [0, 0.05) is 23.3 Å². The summed E-state index contributed by atoms with van der Waals surface area (Å²) in [5.41, 5.74) is 6.36. The van der Waals surface area contributed by atoms with E-state index in [1.807, 2.05) is 36.5 Å². The average Bonchev–Trinajstić information content (AvgIpc) is 3.63. The lowest BCUT2D eigenvalue weighted by Crippen LogP contribution is -2.29. The van der Waals surface area contributed by atoms with E-state index < -0.39 is 0 Å². The van der Waals surface area contributed by atoms with Crippen molar-refractivity contribution in [3.8, 4) is 11.4 Å². The Morgan fingerprint density at radius 2 is 1.71 bits per heavy atom. The van der Waals surface area contributed by atoms with Gasteiger partial charge in [0.25, 0.3) is 0 Å². The molecule has 1 saturated carbocycles. The first kappa shape index (κ1) is 25.0. The van der Waals surface area contributed by atoms with Gasteiger partial charge in [-0.05, 0) is 112 Å². The van der Waals surface area contributed by atoms with Crippen molar-refractivity contribution in [3.05, 3.63) is 107 Å². The molecule has 7 heteroatoms. The number of benzene rings is 2. The Kier molecular flexibility index (Phi) is 6.85. The summed E-state index contributed by atoms with van der Waals surface area (Å²) in [6, 6.07) is 24.4. The molecule has 4 aromatic rings. The fraction of sp³-hybridized carbons (Fsp3) is 0.290. The maximum Gasteiger partial charge on any atom is 0.174 e. The number of aryl methyl sites for hydroxylation is 1. The Morgan fingerprint density at radius 3 is 2.42 bits per heavy atom. The average molecular weight is 543 g/mol. The second-order valence-electron chi connectivity index (χ2n) is 10.1. The van der Waals surface area contributed by atoms with E-state index >= 15 is 0 Å². The molecule has 1 N–H and O–H groups in total. The van der Waals surface area contributed by atoms with E-state index in [-0.39, 0.29) is 12.1 Å². The van der Waals surface area contributed by atoms with E-state index in [2.05, 4.69) is 71.1 Å². The zero-order valence-corrected chi connectivity index (χ0v) is 23.2. The van der Waals surface area contributed by atoms with Gasteiger partial charge < -0.3 is 19.5 Å². The lowest BCUT2D eigenvalue weighted by Gasteiger charge is -2.28. The number of rotatable bonds is 6. The Bertz CT molecular complexity index is 1450.